The van der Waals surface area contributed by atoms with Crippen molar-refractivity contribution in [2.75, 3.05) is 25.0 Å². The minimum atomic E-state index is -1.50. The number of amides is 1. The Bertz CT molecular complexity index is 1870. The van der Waals surface area contributed by atoms with E-state index in [0.29, 0.717) is 60.6 Å². The molecular formula is C34H39N7O6. The minimum absolute atomic E-state index is 0.0118. The zero-order valence-electron chi connectivity index (χ0n) is 26.6. The number of carbonyl (C=O) groups is 3. The smallest absolute Gasteiger partial charge is 0.466 e. The van der Waals surface area contributed by atoms with Crippen molar-refractivity contribution in [2.24, 2.45) is 11.7 Å². The van der Waals surface area contributed by atoms with E-state index < -0.39 is 12.1 Å². The summed E-state index contributed by atoms with van der Waals surface area (Å²) in [6.45, 7) is 7.27. The van der Waals surface area contributed by atoms with Crippen LogP contribution in [0.4, 0.5) is 10.5 Å². The van der Waals surface area contributed by atoms with Gasteiger partial charge in [-0.15, -0.1) is 0 Å². The van der Waals surface area contributed by atoms with Crippen LogP contribution in [0, 0.1) is 16.7 Å². The van der Waals surface area contributed by atoms with E-state index in [9.17, 15) is 19.5 Å². The first-order valence-corrected chi connectivity index (χ1v) is 15.5. The number of nitrogen functional groups attached to an aromatic ring is 1. The molecule has 0 spiro atoms. The second kappa shape index (κ2) is 13.9. The number of piperidine rings is 1. The number of carbonyl (C=O) groups excluding carboxylic acids is 2. The van der Waals surface area contributed by atoms with Gasteiger partial charge in [0.1, 0.15) is 29.4 Å². The Hall–Kier alpha value is -5.46. The first kappa shape index (κ1) is 32.9. The molecule has 1 aromatic heterocycles. The quantitative estimate of drug-likeness (QED) is 0.0662. The van der Waals surface area contributed by atoms with Gasteiger partial charge in [0.25, 0.3) is 0 Å². The molecule has 0 bridgehead atoms. The summed E-state index contributed by atoms with van der Waals surface area (Å²) in [7, 11) is 0. The summed E-state index contributed by atoms with van der Waals surface area (Å²) in [6.07, 6.45) is -0.633. The number of hydrogen-bond acceptors (Lipinski definition) is 8. The third-order valence-electron chi connectivity index (χ3n) is 8.25. The Morgan fingerprint density at radius 1 is 1.06 bits per heavy atom. The molecule has 5 rings (SSSR count). The predicted octanol–water partition coefficient (Wildman–Crippen LogP) is 5.28. The van der Waals surface area contributed by atoms with Crippen LogP contribution in [-0.2, 0) is 20.9 Å². The van der Waals surface area contributed by atoms with Crippen molar-refractivity contribution >= 4 is 57.2 Å². The number of nitrogens with zero attached hydrogens (tertiary/aromatic N) is 3. The maximum Gasteiger partial charge on any atom is 0.511 e. The molecule has 13 heteroatoms. The average Bonchev–Trinajstić information content (AvgIpc) is 3.39. The average molecular weight is 642 g/mol. The lowest BCUT2D eigenvalue weighted by molar-refractivity contribution is -0.141. The first-order chi connectivity index (χ1) is 22.4. The second-order valence-electron chi connectivity index (χ2n) is 11.9. The lowest BCUT2D eigenvalue weighted by Crippen LogP contribution is -2.41. The van der Waals surface area contributed by atoms with Gasteiger partial charge in [-0.05, 0) is 54.3 Å². The van der Waals surface area contributed by atoms with Crippen molar-refractivity contribution in [3.63, 3.8) is 0 Å². The number of imidazole rings is 1. The van der Waals surface area contributed by atoms with Crippen molar-refractivity contribution < 1.29 is 29.0 Å². The SMILES string of the molecule is CCOC(=O)CC(=N)N1CCC(C(=O)Nc2cc(OC(=O)O)c3nc(C(C)C)n(Cc4ccc5ccc(C(=N)N)cc5c4)c3c2)CC1. The fourth-order valence-electron chi connectivity index (χ4n) is 5.92. The number of hydrogen-bond donors (Lipinski definition) is 5. The van der Waals surface area contributed by atoms with E-state index in [0.717, 1.165) is 16.3 Å². The standard InChI is InChI=1S/C34H39N7O6/c1-4-46-29(42)17-28(35)40-11-9-22(10-12-40)33(43)38-25-15-26-30(27(16-25)47-34(44)45)39-32(19(2)3)41(26)18-20-5-6-21-7-8-23(31(36)37)14-24(21)13-20/h5-8,13-16,19,22,35H,4,9-12,17-18H2,1-3H3,(H3,36,37)(H,38,43)(H,44,45). The highest BCUT2D eigenvalue weighted by molar-refractivity contribution is 6.00. The Labute approximate surface area is 271 Å². The van der Waals surface area contributed by atoms with Gasteiger partial charge in [0.15, 0.2) is 5.75 Å². The van der Waals surface area contributed by atoms with E-state index >= 15 is 0 Å². The number of amidine groups is 2. The van der Waals surface area contributed by atoms with Crippen molar-refractivity contribution in [1.29, 1.82) is 10.8 Å². The molecule has 6 N–H and O–H groups in total. The highest BCUT2D eigenvalue weighted by atomic mass is 16.7. The monoisotopic (exact) mass is 641 g/mol. The molecule has 1 saturated heterocycles. The van der Waals surface area contributed by atoms with E-state index in [2.05, 4.69) is 5.32 Å². The number of rotatable bonds is 10. The molecule has 0 atom stereocenters. The molecule has 0 unspecified atom stereocenters. The minimum Gasteiger partial charge on any atom is -0.466 e. The Morgan fingerprint density at radius 2 is 1.79 bits per heavy atom. The summed E-state index contributed by atoms with van der Waals surface area (Å²) in [4.78, 5) is 43.4. The van der Waals surface area contributed by atoms with Gasteiger partial charge in [0, 0.05) is 48.8 Å². The summed E-state index contributed by atoms with van der Waals surface area (Å²) in [5.74, 6) is -0.150. The number of ether oxygens (including phenoxy) is 2. The predicted molar refractivity (Wildman–Crippen MR) is 178 cm³/mol. The molecule has 0 radical (unpaired) electrons. The summed E-state index contributed by atoms with van der Waals surface area (Å²) < 4.78 is 12.1. The van der Waals surface area contributed by atoms with Crippen molar-refractivity contribution in [1.82, 2.24) is 14.5 Å². The molecule has 246 valence electrons. The summed E-state index contributed by atoms with van der Waals surface area (Å²) >= 11 is 0. The number of fused-ring (bicyclic) bond motifs is 2. The van der Waals surface area contributed by atoms with Crippen LogP contribution in [0.1, 0.15) is 62.9 Å². The lowest BCUT2D eigenvalue weighted by atomic mass is 9.95. The summed E-state index contributed by atoms with van der Waals surface area (Å²) in [5, 5.41) is 30.4. The Balaban J connectivity index is 1.42. The van der Waals surface area contributed by atoms with Crippen molar-refractivity contribution in [3.05, 3.63) is 65.5 Å². The third kappa shape index (κ3) is 7.51. The maximum atomic E-state index is 13.4. The molecule has 1 fully saturated rings. The van der Waals surface area contributed by atoms with Gasteiger partial charge >= 0.3 is 12.1 Å². The second-order valence-corrected chi connectivity index (χ2v) is 11.9. The van der Waals surface area contributed by atoms with Crippen molar-refractivity contribution in [3.8, 4) is 5.75 Å². The van der Waals surface area contributed by atoms with Gasteiger partial charge in [-0.1, -0.05) is 38.1 Å². The summed E-state index contributed by atoms with van der Waals surface area (Å²) in [5.41, 5.74) is 8.63. The van der Waals surface area contributed by atoms with Crippen LogP contribution >= 0.6 is 0 Å². The molecule has 3 aromatic carbocycles. The van der Waals surface area contributed by atoms with E-state index in [1.54, 1.807) is 17.9 Å². The number of anilines is 1. The topological polar surface area (TPSA) is 197 Å². The maximum absolute atomic E-state index is 13.4. The molecule has 4 aromatic rings. The van der Waals surface area contributed by atoms with Gasteiger partial charge in [-0.25, -0.2) is 9.78 Å². The van der Waals surface area contributed by atoms with Crippen LogP contribution in [0.3, 0.4) is 0 Å². The number of nitrogens with one attached hydrogen (secondary N) is 3. The molecule has 1 aliphatic rings. The summed E-state index contributed by atoms with van der Waals surface area (Å²) in [6, 6.07) is 14.9. The van der Waals surface area contributed by atoms with Crippen LogP contribution in [-0.4, -0.2) is 69.0 Å². The lowest BCUT2D eigenvalue weighted by Gasteiger charge is -2.32. The van der Waals surface area contributed by atoms with E-state index in [-0.39, 0.29) is 48.2 Å². The van der Waals surface area contributed by atoms with Gasteiger partial charge in [-0.3, -0.25) is 20.4 Å². The number of carboxylic acid groups (broad SMARTS) is 1. The van der Waals surface area contributed by atoms with Crippen LogP contribution < -0.4 is 15.8 Å². The van der Waals surface area contributed by atoms with E-state index in [1.165, 1.54) is 6.07 Å². The molecule has 2 heterocycles. The number of benzene rings is 3. The van der Waals surface area contributed by atoms with Gasteiger partial charge in [0.2, 0.25) is 5.91 Å². The number of aromatic nitrogens is 2. The third-order valence-corrected chi connectivity index (χ3v) is 8.25. The highest BCUT2D eigenvalue weighted by Crippen LogP contribution is 2.34. The molecule has 0 aliphatic carbocycles. The van der Waals surface area contributed by atoms with Crippen LogP contribution in [0.2, 0.25) is 0 Å². The van der Waals surface area contributed by atoms with Crippen LogP contribution in [0.5, 0.6) is 5.75 Å². The van der Waals surface area contributed by atoms with Gasteiger partial charge in [0.05, 0.1) is 12.1 Å². The number of nitrogens with two attached hydrogens (primary N) is 1. The van der Waals surface area contributed by atoms with Crippen molar-refractivity contribution in [2.45, 2.75) is 52.5 Å². The van der Waals surface area contributed by atoms with E-state index in [4.69, 9.17) is 31.0 Å². The largest absolute Gasteiger partial charge is 0.511 e. The normalized spacial score (nSPS) is 13.6. The Morgan fingerprint density at radius 3 is 2.45 bits per heavy atom. The zero-order chi connectivity index (χ0) is 33.8. The molecule has 0 saturated carbocycles. The van der Waals surface area contributed by atoms with Gasteiger partial charge in [-0.2, -0.15) is 0 Å². The number of esters is 1. The Kier molecular flexibility index (Phi) is 9.73. The molecule has 47 heavy (non-hydrogen) atoms. The fourth-order valence-corrected chi connectivity index (χ4v) is 5.92. The molecule has 1 aliphatic heterocycles. The number of likely N-dealkylation sites (tertiary alicyclic amines) is 1. The highest BCUT2D eigenvalue weighted by Gasteiger charge is 2.28. The van der Waals surface area contributed by atoms with E-state index in [1.807, 2.05) is 54.8 Å². The molecular weight excluding hydrogens is 602 g/mol. The first-order valence-electron chi connectivity index (χ1n) is 15.5. The zero-order valence-corrected chi connectivity index (χ0v) is 26.6. The van der Waals surface area contributed by atoms with Gasteiger partial charge < -0.3 is 35.1 Å². The molecule has 1 amide bonds. The van der Waals surface area contributed by atoms with Crippen LogP contribution in [0.25, 0.3) is 21.8 Å². The fraction of sp³-hybridized carbons (Fsp3) is 0.353. The van der Waals surface area contributed by atoms with Crippen LogP contribution in [0.15, 0.2) is 48.5 Å². The molecule has 13 nitrogen and oxygen atoms in total.